The van der Waals surface area contributed by atoms with E-state index in [9.17, 15) is 14.4 Å². The molecule has 8 nitrogen and oxygen atoms in total. The molecule has 30 heavy (non-hydrogen) atoms. The average Bonchev–Trinajstić information content (AvgIpc) is 3.23. The van der Waals surface area contributed by atoms with Crippen LogP contribution in [0.3, 0.4) is 0 Å². The molecule has 0 amide bonds. The summed E-state index contributed by atoms with van der Waals surface area (Å²) >= 11 is 6.33. The summed E-state index contributed by atoms with van der Waals surface area (Å²) in [7, 11) is 1.21. The number of esters is 3. The number of ether oxygens (including phenoxy) is 3. The second-order valence-electron chi connectivity index (χ2n) is 6.42. The van der Waals surface area contributed by atoms with Crippen molar-refractivity contribution in [1.29, 1.82) is 0 Å². The van der Waals surface area contributed by atoms with Gasteiger partial charge in [-0.3, -0.25) is 9.89 Å². The van der Waals surface area contributed by atoms with Crippen molar-refractivity contribution >= 4 is 40.4 Å². The molecule has 2 aromatic carbocycles. The van der Waals surface area contributed by atoms with Crippen LogP contribution >= 0.6 is 11.6 Å². The number of hydrogen-bond donors (Lipinski definition) is 1. The number of benzene rings is 2. The van der Waals surface area contributed by atoms with Gasteiger partial charge in [0.25, 0.3) is 0 Å². The number of H-pyrrole nitrogens is 1. The Bertz CT molecular complexity index is 1080. The Labute approximate surface area is 177 Å². The van der Waals surface area contributed by atoms with E-state index in [4.69, 9.17) is 25.8 Å². The van der Waals surface area contributed by atoms with Gasteiger partial charge in [0.1, 0.15) is 6.61 Å². The number of carbonyl (C=O) groups is 3. The number of methoxy groups -OCH3 is 1. The van der Waals surface area contributed by atoms with Crippen LogP contribution in [0.4, 0.5) is 0 Å². The molecule has 0 aliphatic carbocycles. The third-order valence-electron chi connectivity index (χ3n) is 4.44. The van der Waals surface area contributed by atoms with Gasteiger partial charge in [-0.05, 0) is 23.8 Å². The van der Waals surface area contributed by atoms with Crippen molar-refractivity contribution < 1.29 is 28.6 Å². The topological polar surface area (TPSA) is 108 Å². The van der Waals surface area contributed by atoms with E-state index >= 15 is 0 Å². The Kier molecular flexibility index (Phi) is 6.68. The Morgan fingerprint density at radius 3 is 2.60 bits per heavy atom. The van der Waals surface area contributed by atoms with Crippen LogP contribution in [0.2, 0.25) is 5.02 Å². The maximum atomic E-state index is 12.5. The van der Waals surface area contributed by atoms with E-state index in [1.54, 1.807) is 42.6 Å². The molecule has 0 bridgehead atoms. The van der Waals surface area contributed by atoms with Gasteiger partial charge in [-0.1, -0.05) is 29.8 Å². The van der Waals surface area contributed by atoms with Gasteiger partial charge in [0, 0.05) is 24.3 Å². The van der Waals surface area contributed by atoms with Gasteiger partial charge in [0.15, 0.2) is 0 Å². The van der Waals surface area contributed by atoms with E-state index in [1.807, 2.05) is 0 Å². The summed E-state index contributed by atoms with van der Waals surface area (Å²) in [6.45, 7) is 1.24. The summed E-state index contributed by atoms with van der Waals surface area (Å²) in [5.74, 6) is -1.85. The number of fused-ring (bicyclic) bond motifs is 1. The number of nitrogens with one attached hydrogen (secondary N) is 1. The van der Waals surface area contributed by atoms with Gasteiger partial charge in [-0.25, -0.2) is 9.59 Å². The number of aromatic amines is 1. The van der Waals surface area contributed by atoms with Crippen LogP contribution in [0.1, 0.15) is 28.4 Å². The molecular formula is C21H19ClN2O6. The van der Waals surface area contributed by atoms with Crippen molar-refractivity contribution in [3.8, 4) is 0 Å². The highest BCUT2D eigenvalue weighted by Crippen LogP contribution is 2.30. The number of hydrogen-bond acceptors (Lipinski definition) is 7. The number of carbonyl (C=O) groups excluding carboxylic acids is 3. The molecule has 0 radical (unpaired) electrons. The van der Waals surface area contributed by atoms with Crippen LogP contribution < -0.4 is 0 Å². The lowest BCUT2D eigenvalue weighted by atomic mass is 9.98. The zero-order valence-corrected chi connectivity index (χ0v) is 17.1. The first-order chi connectivity index (χ1) is 14.4. The van der Waals surface area contributed by atoms with Gasteiger partial charge in [0.05, 0.1) is 29.4 Å². The predicted molar refractivity (Wildman–Crippen MR) is 108 cm³/mol. The lowest BCUT2D eigenvalue weighted by Gasteiger charge is -2.18. The molecule has 0 spiro atoms. The molecule has 1 heterocycles. The minimum atomic E-state index is -1.22. The molecule has 0 saturated carbocycles. The number of rotatable bonds is 7. The average molecular weight is 431 g/mol. The molecule has 0 aliphatic heterocycles. The summed E-state index contributed by atoms with van der Waals surface area (Å²) in [4.78, 5) is 36.1. The summed E-state index contributed by atoms with van der Waals surface area (Å²) in [6.07, 6.45) is 0.300. The van der Waals surface area contributed by atoms with Gasteiger partial charge in [0.2, 0.25) is 6.10 Å². The molecule has 1 aromatic heterocycles. The minimum absolute atomic E-state index is 0.0251. The molecule has 9 heteroatoms. The number of halogens is 1. The van der Waals surface area contributed by atoms with Crippen molar-refractivity contribution in [3.05, 3.63) is 64.3 Å². The highest BCUT2D eigenvalue weighted by molar-refractivity contribution is 6.35. The van der Waals surface area contributed by atoms with Crippen molar-refractivity contribution in [1.82, 2.24) is 10.2 Å². The van der Waals surface area contributed by atoms with E-state index in [0.29, 0.717) is 32.6 Å². The molecule has 1 N–H and O–H groups in total. The van der Waals surface area contributed by atoms with Gasteiger partial charge in [-0.15, -0.1) is 0 Å². The Balaban J connectivity index is 1.95. The van der Waals surface area contributed by atoms with Gasteiger partial charge in [-0.2, -0.15) is 5.10 Å². The first-order valence-corrected chi connectivity index (χ1v) is 9.39. The maximum Gasteiger partial charge on any atom is 0.347 e. The largest absolute Gasteiger partial charge is 0.466 e. The SMILES string of the molecule is COC(=O)C(Cc1cc(Cl)c2[nH]ncc2c1COC(C)=O)OC(=O)c1ccccc1. The molecule has 3 aromatic rings. The van der Waals surface area contributed by atoms with Gasteiger partial charge < -0.3 is 14.2 Å². The third kappa shape index (κ3) is 4.77. The summed E-state index contributed by atoms with van der Waals surface area (Å²) in [6, 6.07) is 9.92. The highest BCUT2D eigenvalue weighted by atomic mass is 35.5. The van der Waals surface area contributed by atoms with Crippen LogP contribution in [0, 0.1) is 0 Å². The molecule has 1 atom stereocenters. The van der Waals surface area contributed by atoms with E-state index in [2.05, 4.69) is 10.2 Å². The first-order valence-electron chi connectivity index (χ1n) is 9.01. The first kappa shape index (κ1) is 21.3. The minimum Gasteiger partial charge on any atom is -0.466 e. The third-order valence-corrected chi connectivity index (χ3v) is 4.74. The van der Waals surface area contributed by atoms with E-state index in [-0.39, 0.29) is 13.0 Å². The quantitative estimate of drug-likeness (QED) is 0.453. The fraction of sp³-hybridized carbons (Fsp3) is 0.238. The number of nitrogens with zero attached hydrogens (tertiary/aromatic N) is 1. The fourth-order valence-corrected chi connectivity index (χ4v) is 3.26. The summed E-state index contributed by atoms with van der Waals surface area (Å²) in [5.41, 5.74) is 2.03. The lowest BCUT2D eigenvalue weighted by molar-refractivity contribution is -0.151. The lowest BCUT2D eigenvalue weighted by Crippen LogP contribution is -2.31. The second-order valence-corrected chi connectivity index (χ2v) is 6.83. The fourth-order valence-electron chi connectivity index (χ4n) is 2.98. The Morgan fingerprint density at radius 1 is 1.20 bits per heavy atom. The van der Waals surface area contributed by atoms with Crippen LogP contribution in [-0.2, 0) is 36.8 Å². The van der Waals surface area contributed by atoms with E-state index < -0.39 is 24.0 Å². The second kappa shape index (κ2) is 9.41. The predicted octanol–water partition coefficient (Wildman–Crippen LogP) is 3.22. The molecule has 0 aliphatic rings. The number of aromatic nitrogens is 2. The molecule has 1 unspecified atom stereocenters. The van der Waals surface area contributed by atoms with E-state index in [0.717, 1.165) is 0 Å². The molecule has 3 rings (SSSR count). The van der Waals surface area contributed by atoms with E-state index in [1.165, 1.54) is 14.0 Å². The van der Waals surface area contributed by atoms with Crippen molar-refractivity contribution in [3.63, 3.8) is 0 Å². The standard InChI is InChI=1S/C21H19ClN2O6/c1-12(25)29-11-16-14(8-17(22)19-15(16)10-23-24-19)9-18(21(27)28-2)30-20(26)13-6-4-3-5-7-13/h3-8,10,18H,9,11H2,1-2H3,(H,23,24). The van der Waals surface area contributed by atoms with Crippen LogP contribution in [0.15, 0.2) is 42.6 Å². The van der Waals surface area contributed by atoms with Crippen molar-refractivity contribution in [2.45, 2.75) is 26.1 Å². The summed E-state index contributed by atoms with van der Waals surface area (Å²) < 4.78 is 15.4. The molecule has 156 valence electrons. The highest BCUT2D eigenvalue weighted by Gasteiger charge is 2.27. The van der Waals surface area contributed by atoms with Gasteiger partial charge >= 0.3 is 17.9 Å². The zero-order valence-electron chi connectivity index (χ0n) is 16.3. The van der Waals surface area contributed by atoms with Crippen molar-refractivity contribution in [2.75, 3.05) is 7.11 Å². The normalized spacial score (nSPS) is 11.7. The van der Waals surface area contributed by atoms with Crippen molar-refractivity contribution in [2.24, 2.45) is 0 Å². The summed E-state index contributed by atoms with van der Waals surface area (Å²) in [5, 5.41) is 7.77. The Morgan fingerprint density at radius 2 is 1.93 bits per heavy atom. The molecule has 0 saturated heterocycles. The monoisotopic (exact) mass is 430 g/mol. The van der Waals surface area contributed by atoms with Crippen LogP contribution in [0.25, 0.3) is 10.9 Å². The van der Waals surface area contributed by atoms with Crippen LogP contribution in [-0.4, -0.2) is 41.3 Å². The molecule has 0 fully saturated rings. The van der Waals surface area contributed by atoms with Crippen LogP contribution in [0.5, 0.6) is 0 Å². The smallest absolute Gasteiger partial charge is 0.347 e. The Hall–Kier alpha value is -3.39. The maximum absolute atomic E-state index is 12.5. The zero-order chi connectivity index (χ0) is 21.7. The molecular weight excluding hydrogens is 412 g/mol.